The maximum Gasteiger partial charge on any atom is 0.124 e. The monoisotopic (exact) mass is 215 g/mol. The highest BCUT2D eigenvalue weighted by molar-refractivity contribution is 5.47. The van der Waals surface area contributed by atoms with Gasteiger partial charge in [0.2, 0.25) is 0 Å². The van der Waals surface area contributed by atoms with E-state index in [9.17, 15) is 5.11 Å². The maximum absolute atomic E-state index is 10.1. The number of pyridine rings is 2. The molecule has 0 saturated carbocycles. The number of hydrogen-bond donors (Lipinski definition) is 2. The fourth-order valence-electron chi connectivity index (χ4n) is 1.51. The average Bonchev–Trinajstić information content (AvgIpc) is 2.29. The Morgan fingerprint density at radius 3 is 2.81 bits per heavy atom. The lowest BCUT2D eigenvalue weighted by Crippen LogP contribution is -2.06. The van der Waals surface area contributed by atoms with Crippen LogP contribution >= 0.6 is 0 Å². The summed E-state index contributed by atoms with van der Waals surface area (Å²) >= 11 is 0. The predicted octanol–water partition coefficient (Wildman–Crippen LogP) is 1.45. The Kier molecular flexibility index (Phi) is 2.83. The van der Waals surface area contributed by atoms with E-state index in [4.69, 9.17) is 5.73 Å². The number of nitrogen functional groups attached to an aromatic ring is 1. The highest BCUT2D eigenvalue weighted by Gasteiger charge is 2.14. The molecule has 0 aliphatic carbocycles. The molecule has 2 heterocycles. The molecule has 0 spiro atoms. The lowest BCUT2D eigenvalue weighted by Gasteiger charge is -2.12. The Balaban J connectivity index is 2.39. The first-order chi connectivity index (χ1) is 7.68. The van der Waals surface area contributed by atoms with Crippen molar-refractivity contribution in [2.45, 2.75) is 13.0 Å². The summed E-state index contributed by atoms with van der Waals surface area (Å²) in [5.74, 6) is 0. The van der Waals surface area contributed by atoms with Crippen LogP contribution in [-0.4, -0.2) is 15.1 Å². The van der Waals surface area contributed by atoms with Gasteiger partial charge in [-0.25, -0.2) is 0 Å². The van der Waals surface area contributed by atoms with E-state index in [1.165, 1.54) is 0 Å². The minimum Gasteiger partial charge on any atom is -0.398 e. The van der Waals surface area contributed by atoms with Gasteiger partial charge in [0.05, 0.1) is 5.69 Å². The van der Waals surface area contributed by atoms with Gasteiger partial charge in [0, 0.05) is 29.8 Å². The zero-order valence-corrected chi connectivity index (χ0v) is 8.96. The number of rotatable bonds is 2. The summed E-state index contributed by atoms with van der Waals surface area (Å²) in [5.41, 5.74) is 8.50. The van der Waals surface area contributed by atoms with E-state index in [0.29, 0.717) is 16.9 Å². The number of nitrogens with two attached hydrogens (primary N) is 1. The highest BCUT2D eigenvalue weighted by atomic mass is 16.3. The van der Waals surface area contributed by atoms with Crippen molar-refractivity contribution >= 4 is 5.69 Å². The van der Waals surface area contributed by atoms with Gasteiger partial charge < -0.3 is 10.8 Å². The van der Waals surface area contributed by atoms with Crippen molar-refractivity contribution in [3.63, 3.8) is 0 Å². The van der Waals surface area contributed by atoms with Crippen molar-refractivity contribution in [2.24, 2.45) is 0 Å². The lowest BCUT2D eigenvalue weighted by atomic mass is 10.1. The molecule has 4 nitrogen and oxygen atoms in total. The van der Waals surface area contributed by atoms with Crippen molar-refractivity contribution < 1.29 is 5.11 Å². The van der Waals surface area contributed by atoms with E-state index < -0.39 is 6.10 Å². The Hall–Kier alpha value is -1.94. The Labute approximate surface area is 93.8 Å². The van der Waals surface area contributed by atoms with Crippen LogP contribution in [0.5, 0.6) is 0 Å². The van der Waals surface area contributed by atoms with E-state index in [0.717, 1.165) is 5.56 Å². The Bertz CT molecular complexity index is 499. The average molecular weight is 215 g/mol. The second kappa shape index (κ2) is 4.28. The van der Waals surface area contributed by atoms with Crippen molar-refractivity contribution in [1.82, 2.24) is 9.97 Å². The second-order valence-corrected chi connectivity index (χ2v) is 3.67. The summed E-state index contributed by atoms with van der Waals surface area (Å²) in [7, 11) is 0. The standard InChI is InChI=1S/C12H13N3O/c1-8-2-5-15-11(6-8)12(16)9-7-14-4-3-10(9)13/h2-7,12,16H,1H3,(H2,13,14). The SMILES string of the molecule is Cc1ccnc(C(O)c2cnccc2N)c1. The van der Waals surface area contributed by atoms with Crippen LogP contribution < -0.4 is 5.73 Å². The quantitative estimate of drug-likeness (QED) is 0.795. The van der Waals surface area contributed by atoms with Gasteiger partial charge in [0.1, 0.15) is 6.10 Å². The van der Waals surface area contributed by atoms with Crippen molar-refractivity contribution in [2.75, 3.05) is 5.73 Å². The molecule has 0 amide bonds. The summed E-state index contributed by atoms with van der Waals surface area (Å²) in [5, 5.41) is 10.1. The highest BCUT2D eigenvalue weighted by Crippen LogP contribution is 2.24. The first kappa shape index (κ1) is 10.6. The van der Waals surface area contributed by atoms with E-state index >= 15 is 0 Å². The third-order valence-electron chi connectivity index (χ3n) is 2.40. The minimum atomic E-state index is -0.825. The molecule has 82 valence electrons. The zero-order chi connectivity index (χ0) is 11.5. The number of aliphatic hydroxyl groups excluding tert-OH is 1. The van der Waals surface area contributed by atoms with Gasteiger partial charge in [0.15, 0.2) is 0 Å². The summed E-state index contributed by atoms with van der Waals surface area (Å²) < 4.78 is 0. The number of nitrogens with zero attached hydrogens (tertiary/aromatic N) is 2. The molecular weight excluding hydrogens is 202 g/mol. The van der Waals surface area contributed by atoms with Crippen LogP contribution in [0.4, 0.5) is 5.69 Å². The van der Waals surface area contributed by atoms with Gasteiger partial charge >= 0.3 is 0 Å². The normalized spacial score (nSPS) is 12.4. The molecule has 16 heavy (non-hydrogen) atoms. The number of aliphatic hydroxyl groups is 1. The summed E-state index contributed by atoms with van der Waals surface area (Å²) in [6, 6.07) is 5.37. The molecule has 2 rings (SSSR count). The lowest BCUT2D eigenvalue weighted by molar-refractivity contribution is 0.215. The molecular formula is C12H13N3O. The van der Waals surface area contributed by atoms with Gasteiger partial charge in [0.25, 0.3) is 0 Å². The number of aryl methyl sites for hydroxylation is 1. The third kappa shape index (κ3) is 2.01. The molecule has 0 aliphatic rings. The molecule has 4 heteroatoms. The molecule has 0 aliphatic heterocycles. The van der Waals surface area contributed by atoms with Crippen LogP contribution in [0.1, 0.15) is 22.9 Å². The molecule has 2 aromatic heterocycles. The number of anilines is 1. The van der Waals surface area contributed by atoms with Gasteiger partial charge in [-0.15, -0.1) is 0 Å². The Morgan fingerprint density at radius 2 is 2.12 bits per heavy atom. The first-order valence-corrected chi connectivity index (χ1v) is 4.98. The van der Waals surface area contributed by atoms with E-state index in [1.807, 2.05) is 19.1 Å². The summed E-state index contributed by atoms with van der Waals surface area (Å²) in [4.78, 5) is 8.07. The fraction of sp³-hybridized carbons (Fsp3) is 0.167. The molecule has 2 aromatic rings. The topological polar surface area (TPSA) is 72.0 Å². The van der Waals surface area contributed by atoms with Crippen molar-refractivity contribution in [3.05, 3.63) is 53.6 Å². The molecule has 0 saturated heterocycles. The summed E-state index contributed by atoms with van der Waals surface area (Å²) in [6.07, 6.45) is 3.99. The predicted molar refractivity (Wildman–Crippen MR) is 61.7 cm³/mol. The van der Waals surface area contributed by atoms with Gasteiger partial charge in [-0.2, -0.15) is 0 Å². The van der Waals surface area contributed by atoms with Crippen LogP contribution in [-0.2, 0) is 0 Å². The smallest absolute Gasteiger partial charge is 0.124 e. The molecule has 0 fully saturated rings. The van der Waals surface area contributed by atoms with Crippen LogP contribution in [0.25, 0.3) is 0 Å². The van der Waals surface area contributed by atoms with Crippen LogP contribution in [0.3, 0.4) is 0 Å². The summed E-state index contributed by atoms with van der Waals surface area (Å²) in [6.45, 7) is 1.95. The van der Waals surface area contributed by atoms with Gasteiger partial charge in [-0.3, -0.25) is 9.97 Å². The number of hydrogen-bond acceptors (Lipinski definition) is 4. The van der Waals surface area contributed by atoms with Crippen molar-refractivity contribution in [1.29, 1.82) is 0 Å². The van der Waals surface area contributed by atoms with Gasteiger partial charge in [-0.1, -0.05) is 0 Å². The third-order valence-corrected chi connectivity index (χ3v) is 2.40. The first-order valence-electron chi connectivity index (χ1n) is 4.98. The maximum atomic E-state index is 10.1. The van der Waals surface area contributed by atoms with Crippen LogP contribution in [0, 0.1) is 6.92 Å². The minimum absolute atomic E-state index is 0.519. The number of aromatic nitrogens is 2. The van der Waals surface area contributed by atoms with Crippen LogP contribution in [0.2, 0.25) is 0 Å². The second-order valence-electron chi connectivity index (χ2n) is 3.67. The Morgan fingerprint density at radius 1 is 1.31 bits per heavy atom. The molecule has 1 atom stereocenters. The molecule has 3 N–H and O–H groups in total. The van der Waals surface area contributed by atoms with E-state index in [1.54, 1.807) is 24.7 Å². The van der Waals surface area contributed by atoms with Gasteiger partial charge in [-0.05, 0) is 30.7 Å². The van der Waals surface area contributed by atoms with Crippen LogP contribution in [0.15, 0.2) is 36.8 Å². The largest absolute Gasteiger partial charge is 0.398 e. The van der Waals surface area contributed by atoms with E-state index in [2.05, 4.69) is 9.97 Å². The molecule has 1 unspecified atom stereocenters. The molecule has 0 radical (unpaired) electrons. The zero-order valence-electron chi connectivity index (χ0n) is 8.96. The van der Waals surface area contributed by atoms with Crippen molar-refractivity contribution in [3.8, 4) is 0 Å². The van der Waals surface area contributed by atoms with E-state index in [-0.39, 0.29) is 0 Å². The fourth-order valence-corrected chi connectivity index (χ4v) is 1.51. The molecule has 0 bridgehead atoms. The molecule has 0 aromatic carbocycles.